The van der Waals surface area contributed by atoms with Gasteiger partial charge in [-0.2, -0.15) is 25.3 Å². The summed E-state index contributed by atoms with van der Waals surface area (Å²) in [4.78, 5) is -3.27. The Kier molecular flexibility index (Phi) is 13.1. The average Bonchev–Trinajstić information content (AvgIpc) is 2.92. The van der Waals surface area contributed by atoms with E-state index in [-0.39, 0.29) is 29.6 Å². The van der Waals surface area contributed by atoms with Gasteiger partial charge in [-0.1, -0.05) is 48.5 Å². The minimum Gasteiger partial charge on any atom is -0.744 e. The molecule has 0 aliphatic rings. The Morgan fingerprint density at radius 2 is 0.652 bits per heavy atom. The summed E-state index contributed by atoms with van der Waals surface area (Å²) in [6.07, 6.45) is 0. The van der Waals surface area contributed by atoms with Crippen molar-refractivity contribution in [1.29, 1.82) is 0 Å². The van der Waals surface area contributed by atoms with Gasteiger partial charge in [-0.3, -0.25) is 0 Å². The van der Waals surface area contributed by atoms with Crippen molar-refractivity contribution in [3.63, 3.8) is 0 Å². The van der Waals surface area contributed by atoms with Gasteiger partial charge >= 0.3 is 59.9 Å². The zero-order valence-electron chi connectivity index (χ0n) is 23.0. The first kappa shape index (κ1) is 38.9. The fourth-order valence-corrected chi connectivity index (χ4v) is 6.37. The van der Waals surface area contributed by atoms with Crippen LogP contribution in [0.2, 0.25) is 0 Å². The smallest absolute Gasteiger partial charge is 0.744 e. The number of phenols is 4. The zero-order chi connectivity index (χ0) is 33.6. The van der Waals surface area contributed by atoms with Gasteiger partial charge in [0.25, 0.3) is 0 Å². The Morgan fingerprint density at radius 3 is 0.848 bits per heavy atom. The topological polar surface area (TPSA) is 271 Å². The van der Waals surface area contributed by atoms with E-state index < -0.39 is 88.4 Å². The Morgan fingerprint density at radius 1 is 0.435 bits per heavy atom. The molecule has 0 fully saturated rings. The molecule has 0 saturated carbocycles. The molecule has 0 aliphatic heterocycles. The van der Waals surface area contributed by atoms with E-state index in [4.69, 9.17) is 5.11 Å². The van der Waals surface area contributed by atoms with Gasteiger partial charge < -0.3 is 25.0 Å². The standard InChI is InChI=1S/C18H15NO12S3.C6H6O4S.Na/c20-13-7-1-4-10-16(13)32(23,24)29-19(30-33(25,26)17-11-5-2-8-14(17)21)31-34(27,28)18-12-6-3-9-15(18)22;7-5-3-1-2-4-6(5)11(8,9)10;/h1-12,20-22H;1-4,7H,(H,8,9,10);/q;;+1/p-1. The summed E-state index contributed by atoms with van der Waals surface area (Å²) < 4.78 is 120. The second kappa shape index (κ2) is 15.5. The fraction of sp³-hybridized carbons (Fsp3) is 0. The van der Waals surface area contributed by atoms with Crippen molar-refractivity contribution in [1.82, 2.24) is 5.39 Å². The van der Waals surface area contributed by atoms with Gasteiger partial charge in [-0.25, -0.2) is 8.42 Å². The van der Waals surface area contributed by atoms with E-state index in [9.17, 15) is 53.5 Å². The summed E-state index contributed by atoms with van der Waals surface area (Å²) in [7, 11) is -20.0. The third kappa shape index (κ3) is 10.1. The molecular weight excluding hydrogens is 710 g/mol. The number of rotatable bonds is 10. The molecule has 17 nitrogen and oxygen atoms in total. The third-order valence-corrected chi connectivity index (χ3v) is 9.50. The number of para-hydroxylation sites is 4. The van der Waals surface area contributed by atoms with Gasteiger partial charge in [0.1, 0.15) is 53.2 Å². The predicted molar refractivity (Wildman–Crippen MR) is 147 cm³/mol. The van der Waals surface area contributed by atoms with Crippen LogP contribution in [0.3, 0.4) is 0 Å². The van der Waals surface area contributed by atoms with Crippen molar-refractivity contribution in [2.75, 3.05) is 0 Å². The van der Waals surface area contributed by atoms with Crippen molar-refractivity contribution in [3.05, 3.63) is 97.1 Å². The molecule has 0 amide bonds. The first-order valence-corrected chi connectivity index (χ1v) is 17.2. The van der Waals surface area contributed by atoms with Gasteiger partial charge in [0, 0.05) is 0 Å². The molecule has 4 rings (SSSR count). The van der Waals surface area contributed by atoms with E-state index in [1.807, 2.05) is 0 Å². The molecule has 0 unspecified atom stereocenters. The molecule has 242 valence electrons. The maximum atomic E-state index is 12.6. The molecule has 0 aromatic heterocycles. The molecule has 4 N–H and O–H groups in total. The van der Waals surface area contributed by atoms with Crippen LogP contribution in [-0.2, 0) is 53.3 Å². The van der Waals surface area contributed by atoms with Crippen molar-refractivity contribution < 1.29 is 101 Å². The fourth-order valence-electron chi connectivity index (χ4n) is 3.07. The van der Waals surface area contributed by atoms with Crippen LogP contribution in [0.4, 0.5) is 0 Å². The molecular formula is C24H20NNaO16S4. The van der Waals surface area contributed by atoms with Crippen molar-refractivity contribution in [2.24, 2.45) is 0 Å². The van der Waals surface area contributed by atoms with Crippen LogP contribution in [-0.4, -0.2) is 64.0 Å². The van der Waals surface area contributed by atoms with Crippen LogP contribution in [0.25, 0.3) is 0 Å². The Bertz CT molecular complexity index is 1940. The first-order chi connectivity index (χ1) is 20.8. The molecule has 22 heteroatoms. The van der Waals surface area contributed by atoms with E-state index in [1.54, 1.807) is 0 Å². The summed E-state index contributed by atoms with van der Waals surface area (Å²) in [6, 6.07) is 17.8. The first-order valence-electron chi connectivity index (χ1n) is 11.6. The molecule has 0 bridgehead atoms. The summed E-state index contributed by atoms with van der Waals surface area (Å²) in [5.74, 6) is -2.98. The monoisotopic (exact) mass is 729 g/mol. The second-order valence-electron chi connectivity index (χ2n) is 8.13. The number of aromatic hydroxyl groups is 4. The summed E-state index contributed by atoms with van der Waals surface area (Å²) in [6.45, 7) is 0. The maximum Gasteiger partial charge on any atom is 1.00 e. The normalized spacial score (nSPS) is 12.0. The van der Waals surface area contributed by atoms with Crippen LogP contribution in [0.1, 0.15) is 0 Å². The maximum absolute atomic E-state index is 12.6. The Hall–Kier alpha value is -3.32. The van der Waals surface area contributed by atoms with E-state index >= 15 is 0 Å². The second-order valence-corrected chi connectivity index (χ2v) is 14.0. The summed E-state index contributed by atoms with van der Waals surface area (Å²) >= 11 is 0. The number of hydrogen-bond donors (Lipinski definition) is 4. The van der Waals surface area contributed by atoms with Crippen LogP contribution in [0, 0.1) is 0 Å². The molecule has 0 heterocycles. The van der Waals surface area contributed by atoms with Crippen LogP contribution in [0.15, 0.2) is 117 Å². The van der Waals surface area contributed by atoms with Gasteiger partial charge in [0.05, 0.1) is 4.90 Å². The van der Waals surface area contributed by atoms with E-state index in [0.717, 1.165) is 48.5 Å². The average molecular weight is 730 g/mol. The predicted octanol–water partition coefficient (Wildman–Crippen LogP) is -1.33. The van der Waals surface area contributed by atoms with Crippen LogP contribution in [0.5, 0.6) is 23.0 Å². The van der Waals surface area contributed by atoms with Gasteiger partial charge in [-0.15, -0.1) is 12.9 Å². The van der Waals surface area contributed by atoms with Crippen LogP contribution >= 0.6 is 0 Å². The van der Waals surface area contributed by atoms with Crippen LogP contribution < -0.4 is 29.6 Å². The quantitative estimate of drug-likeness (QED) is 0.0836. The third-order valence-electron chi connectivity index (χ3n) is 5.02. The minimum absolute atomic E-state index is 0. The van der Waals surface area contributed by atoms with Gasteiger partial charge in [-0.05, 0) is 48.5 Å². The number of benzene rings is 4. The molecule has 0 radical (unpaired) electrons. The number of nitrogens with zero attached hydrogens (tertiary/aromatic N) is 1. The van der Waals surface area contributed by atoms with Crippen molar-refractivity contribution in [2.45, 2.75) is 19.6 Å². The van der Waals surface area contributed by atoms with Crippen molar-refractivity contribution in [3.8, 4) is 23.0 Å². The van der Waals surface area contributed by atoms with Gasteiger partial charge in [0.2, 0.25) is 0 Å². The molecule has 46 heavy (non-hydrogen) atoms. The van der Waals surface area contributed by atoms with E-state index in [1.165, 1.54) is 48.5 Å². The Labute approximate surface area is 284 Å². The van der Waals surface area contributed by atoms with Gasteiger partial charge in [0.15, 0.2) is 0 Å². The molecule has 4 aromatic carbocycles. The minimum atomic E-state index is -5.15. The molecule has 4 aromatic rings. The SMILES string of the molecule is O=S(=O)(ON(OS(=O)(=O)c1ccccc1O)OS(=O)(=O)c1ccccc1O)c1ccccc1O.O=S(=O)([O-])c1ccccc1O.[Na+]. The van der Waals surface area contributed by atoms with E-state index in [2.05, 4.69) is 12.9 Å². The molecule has 0 aliphatic carbocycles. The Balaban J connectivity index is 0.000000519. The largest absolute Gasteiger partial charge is 1.00 e. The molecule has 0 saturated heterocycles. The summed E-state index contributed by atoms with van der Waals surface area (Å²) in [5, 5.41) is 37.4. The van der Waals surface area contributed by atoms with E-state index in [0.29, 0.717) is 0 Å². The van der Waals surface area contributed by atoms with Crippen molar-refractivity contribution >= 4 is 40.5 Å². The number of phenolic OH excluding ortho intramolecular Hbond substituents is 4. The molecule has 0 atom stereocenters. The number of hydrogen-bond acceptors (Lipinski definition) is 17. The molecule has 0 spiro atoms. The zero-order valence-corrected chi connectivity index (χ0v) is 28.3. The summed E-state index contributed by atoms with van der Waals surface area (Å²) in [5.41, 5.74) is 0.